The number of rotatable bonds is 4. The van der Waals surface area contributed by atoms with Gasteiger partial charge in [-0.05, 0) is 33.2 Å². The average molecular weight is 255 g/mol. The first-order valence-electron chi connectivity index (χ1n) is 6.14. The molecule has 2 rings (SSSR count). The Labute approximate surface area is 107 Å². The molecule has 1 unspecified atom stereocenters. The molecule has 5 heteroatoms. The van der Waals surface area contributed by atoms with Crippen LogP contribution in [-0.4, -0.2) is 35.1 Å². The van der Waals surface area contributed by atoms with E-state index in [4.69, 9.17) is 11.6 Å². The Morgan fingerprint density at radius 3 is 3.00 bits per heavy atom. The number of halogens is 1. The molecule has 1 atom stereocenters. The zero-order valence-corrected chi connectivity index (χ0v) is 11.1. The summed E-state index contributed by atoms with van der Waals surface area (Å²) in [6.07, 6.45) is 5.69. The molecule has 0 amide bonds. The maximum absolute atomic E-state index is 6.16. The normalized spacial score (nSPS) is 19.9. The van der Waals surface area contributed by atoms with Gasteiger partial charge in [-0.1, -0.05) is 11.6 Å². The number of hydrogen-bond donors (Lipinski definition) is 1. The predicted molar refractivity (Wildman–Crippen MR) is 70.5 cm³/mol. The second kappa shape index (κ2) is 5.65. The van der Waals surface area contributed by atoms with Crippen molar-refractivity contribution in [2.75, 3.05) is 18.0 Å². The maximum atomic E-state index is 6.16. The van der Waals surface area contributed by atoms with Gasteiger partial charge in [-0.25, -0.2) is 9.97 Å². The molecule has 1 aliphatic heterocycles. The molecule has 94 valence electrons. The van der Waals surface area contributed by atoms with E-state index in [1.165, 1.54) is 12.8 Å². The molecule has 2 heterocycles. The van der Waals surface area contributed by atoms with E-state index in [0.29, 0.717) is 17.1 Å². The van der Waals surface area contributed by atoms with Crippen LogP contribution in [0.15, 0.2) is 12.5 Å². The van der Waals surface area contributed by atoms with Crippen LogP contribution >= 0.6 is 11.6 Å². The van der Waals surface area contributed by atoms with E-state index in [-0.39, 0.29) is 0 Å². The van der Waals surface area contributed by atoms with Crippen molar-refractivity contribution in [3.63, 3.8) is 0 Å². The first-order chi connectivity index (χ1) is 8.18. The standard InChI is InChI=1S/C12H19ClN4/c1-9(2)17(7-10-4-3-5-15-10)12-11(13)6-14-8-16-12/h6,8-10,15H,3-5,7H2,1-2H3. The van der Waals surface area contributed by atoms with Gasteiger partial charge in [0.2, 0.25) is 0 Å². The minimum absolute atomic E-state index is 0.379. The third kappa shape index (κ3) is 3.07. The molecular weight excluding hydrogens is 236 g/mol. The summed E-state index contributed by atoms with van der Waals surface area (Å²) < 4.78 is 0. The van der Waals surface area contributed by atoms with E-state index in [0.717, 1.165) is 18.9 Å². The third-order valence-corrected chi connectivity index (χ3v) is 3.39. The summed E-state index contributed by atoms with van der Waals surface area (Å²) in [6.45, 7) is 6.39. The van der Waals surface area contributed by atoms with Gasteiger partial charge in [-0.3, -0.25) is 0 Å². The SMILES string of the molecule is CC(C)N(CC1CCCN1)c1ncncc1Cl. The number of anilines is 1. The molecule has 1 fully saturated rings. The van der Waals surface area contributed by atoms with Gasteiger partial charge in [0.1, 0.15) is 11.3 Å². The van der Waals surface area contributed by atoms with Gasteiger partial charge in [0.15, 0.2) is 5.82 Å². The highest BCUT2D eigenvalue weighted by Gasteiger charge is 2.22. The summed E-state index contributed by atoms with van der Waals surface area (Å²) in [4.78, 5) is 10.5. The molecule has 1 aromatic rings. The maximum Gasteiger partial charge on any atom is 0.151 e. The average Bonchev–Trinajstić information content (AvgIpc) is 2.79. The molecule has 0 spiro atoms. The van der Waals surface area contributed by atoms with Crippen LogP contribution in [0, 0.1) is 0 Å². The van der Waals surface area contributed by atoms with Crippen molar-refractivity contribution >= 4 is 17.4 Å². The Morgan fingerprint density at radius 1 is 1.59 bits per heavy atom. The zero-order valence-electron chi connectivity index (χ0n) is 10.4. The summed E-state index contributed by atoms with van der Waals surface area (Å²) >= 11 is 6.16. The molecule has 0 aromatic carbocycles. The fourth-order valence-corrected chi connectivity index (χ4v) is 2.42. The van der Waals surface area contributed by atoms with E-state index in [1.807, 2.05) is 0 Å². The predicted octanol–water partition coefficient (Wildman–Crippen LogP) is 2.10. The van der Waals surface area contributed by atoms with Crippen LogP contribution in [0.4, 0.5) is 5.82 Å². The Hall–Kier alpha value is -0.870. The largest absolute Gasteiger partial charge is 0.351 e. The lowest BCUT2D eigenvalue weighted by molar-refractivity contribution is 0.549. The lowest BCUT2D eigenvalue weighted by Gasteiger charge is -2.30. The lowest BCUT2D eigenvalue weighted by atomic mass is 10.2. The van der Waals surface area contributed by atoms with Gasteiger partial charge in [-0.2, -0.15) is 0 Å². The van der Waals surface area contributed by atoms with Crippen LogP contribution in [0.3, 0.4) is 0 Å². The Kier molecular flexibility index (Phi) is 4.18. The van der Waals surface area contributed by atoms with Crippen molar-refractivity contribution in [1.29, 1.82) is 0 Å². The second-order valence-electron chi connectivity index (χ2n) is 4.73. The van der Waals surface area contributed by atoms with Gasteiger partial charge in [0, 0.05) is 18.6 Å². The van der Waals surface area contributed by atoms with Crippen LogP contribution in [0.1, 0.15) is 26.7 Å². The first kappa shape index (κ1) is 12.6. The molecule has 1 aromatic heterocycles. The van der Waals surface area contributed by atoms with Gasteiger partial charge in [0.25, 0.3) is 0 Å². The van der Waals surface area contributed by atoms with E-state index in [1.54, 1.807) is 12.5 Å². The molecule has 0 aliphatic carbocycles. The van der Waals surface area contributed by atoms with Gasteiger partial charge in [0.05, 0.1) is 6.20 Å². The number of nitrogens with zero attached hydrogens (tertiary/aromatic N) is 3. The quantitative estimate of drug-likeness (QED) is 0.894. The minimum atomic E-state index is 0.379. The molecule has 4 nitrogen and oxygen atoms in total. The van der Waals surface area contributed by atoms with Crippen molar-refractivity contribution < 1.29 is 0 Å². The van der Waals surface area contributed by atoms with E-state index >= 15 is 0 Å². The Bertz CT molecular complexity index is 363. The number of aromatic nitrogens is 2. The highest BCUT2D eigenvalue weighted by Crippen LogP contribution is 2.24. The fraction of sp³-hybridized carbons (Fsp3) is 0.667. The monoisotopic (exact) mass is 254 g/mol. The smallest absolute Gasteiger partial charge is 0.151 e. The summed E-state index contributed by atoms with van der Waals surface area (Å²) in [6, 6.07) is 0.924. The Morgan fingerprint density at radius 2 is 2.41 bits per heavy atom. The molecule has 0 saturated carbocycles. The summed E-state index contributed by atoms with van der Waals surface area (Å²) in [5, 5.41) is 4.13. The van der Waals surface area contributed by atoms with Gasteiger partial charge >= 0.3 is 0 Å². The van der Waals surface area contributed by atoms with Crippen LogP contribution in [0.2, 0.25) is 5.02 Å². The minimum Gasteiger partial charge on any atom is -0.351 e. The highest BCUT2D eigenvalue weighted by molar-refractivity contribution is 6.32. The van der Waals surface area contributed by atoms with Crippen molar-refractivity contribution in [2.24, 2.45) is 0 Å². The number of nitrogens with one attached hydrogen (secondary N) is 1. The van der Waals surface area contributed by atoms with Crippen LogP contribution in [-0.2, 0) is 0 Å². The second-order valence-corrected chi connectivity index (χ2v) is 5.14. The molecule has 1 aliphatic rings. The van der Waals surface area contributed by atoms with Gasteiger partial charge in [-0.15, -0.1) is 0 Å². The third-order valence-electron chi connectivity index (χ3n) is 3.12. The number of hydrogen-bond acceptors (Lipinski definition) is 4. The highest BCUT2D eigenvalue weighted by atomic mass is 35.5. The summed E-state index contributed by atoms with van der Waals surface area (Å²) in [5.41, 5.74) is 0. The van der Waals surface area contributed by atoms with Crippen molar-refractivity contribution in [3.05, 3.63) is 17.5 Å². The van der Waals surface area contributed by atoms with E-state index in [9.17, 15) is 0 Å². The van der Waals surface area contributed by atoms with E-state index < -0.39 is 0 Å². The molecule has 17 heavy (non-hydrogen) atoms. The topological polar surface area (TPSA) is 41.0 Å². The fourth-order valence-electron chi connectivity index (χ4n) is 2.21. The van der Waals surface area contributed by atoms with Crippen LogP contribution in [0.25, 0.3) is 0 Å². The van der Waals surface area contributed by atoms with E-state index in [2.05, 4.69) is 34.0 Å². The van der Waals surface area contributed by atoms with Crippen molar-refractivity contribution in [3.8, 4) is 0 Å². The summed E-state index contributed by atoms with van der Waals surface area (Å²) in [7, 11) is 0. The summed E-state index contributed by atoms with van der Waals surface area (Å²) in [5.74, 6) is 0.838. The van der Waals surface area contributed by atoms with Crippen LogP contribution in [0.5, 0.6) is 0 Å². The molecule has 0 bridgehead atoms. The molecule has 0 radical (unpaired) electrons. The lowest BCUT2D eigenvalue weighted by Crippen LogP contribution is -2.42. The molecule has 1 N–H and O–H groups in total. The first-order valence-corrected chi connectivity index (χ1v) is 6.52. The molecule has 1 saturated heterocycles. The van der Waals surface area contributed by atoms with Crippen molar-refractivity contribution in [2.45, 2.75) is 38.8 Å². The van der Waals surface area contributed by atoms with Crippen LogP contribution < -0.4 is 10.2 Å². The Balaban J connectivity index is 2.14. The molecular formula is C12H19ClN4. The zero-order chi connectivity index (χ0) is 12.3. The van der Waals surface area contributed by atoms with Crippen molar-refractivity contribution in [1.82, 2.24) is 15.3 Å². The van der Waals surface area contributed by atoms with Gasteiger partial charge < -0.3 is 10.2 Å².